The molecule has 1 aromatic heterocycles. The smallest absolute Gasteiger partial charge is 0.0270 e. The lowest BCUT2D eigenvalue weighted by atomic mass is 9.85. The number of aromatic nitrogens is 1. The summed E-state index contributed by atoms with van der Waals surface area (Å²) in [6.45, 7) is 5.41. The average Bonchev–Trinajstić information content (AvgIpc) is 2.72. The SMILES string of the molecule is CC1(C)CC1(CCN)c1ccncc1. The standard InChI is InChI=1S/C12H18N2/c1-11(2)9-12(11,5-6-13)10-3-7-14-8-4-10/h3-4,7-8H,5-6,9,13H2,1-2H3. The Morgan fingerprint density at radius 1 is 1.36 bits per heavy atom. The van der Waals surface area contributed by atoms with Gasteiger partial charge in [0.25, 0.3) is 0 Å². The Bertz CT molecular complexity index is 318. The van der Waals surface area contributed by atoms with Crippen molar-refractivity contribution >= 4 is 0 Å². The first-order valence-corrected chi connectivity index (χ1v) is 5.23. The van der Waals surface area contributed by atoms with Gasteiger partial charge in [-0.1, -0.05) is 13.8 Å². The second-order valence-electron chi connectivity index (χ2n) is 4.92. The van der Waals surface area contributed by atoms with Gasteiger partial charge in [-0.2, -0.15) is 0 Å². The van der Waals surface area contributed by atoms with Gasteiger partial charge in [0, 0.05) is 17.8 Å². The first-order valence-electron chi connectivity index (χ1n) is 5.23. The lowest BCUT2D eigenvalue weighted by molar-refractivity contribution is 0.471. The summed E-state index contributed by atoms with van der Waals surface area (Å²) in [5, 5.41) is 0. The molecule has 1 aliphatic rings. The van der Waals surface area contributed by atoms with E-state index in [-0.39, 0.29) is 0 Å². The molecule has 2 nitrogen and oxygen atoms in total. The molecule has 1 unspecified atom stereocenters. The Balaban J connectivity index is 2.31. The maximum absolute atomic E-state index is 5.70. The molecule has 0 spiro atoms. The van der Waals surface area contributed by atoms with E-state index in [1.807, 2.05) is 12.4 Å². The molecular formula is C12H18N2. The molecule has 0 saturated heterocycles. The van der Waals surface area contributed by atoms with E-state index in [4.69, 9.17) is 5.73 Å². The fraction of sp³-hybridized carbons (Fsp3) is 0.583. The summed E-state index contributed by atoms with van der Waals surface area (Å²) in [6, 6.07) is 4.26. The highest BCUT2D eigenvalue weighted by atomic mass is 14.7. The molecule has 0 amide bonds. The van der Waals surface area contributed by atoms with Gasteiger partial charge in [0.15, 0.2) is 0 Å². The summed E-state index contributed by atoms with van der Waals surface area (Å²) in [5.41, 5.74) is 7.84. The highest BCUT2D eigenvalue weighted by Gasteiger charge is 2.60. The Labute approximate surface area is 85.5 Å². The van der Waals surface area contributed by atoms with Crippen LogP contribution >= 0.6 is 0 Å². The first-order chi connectivity index (χ1) is 6.62. The van der Waals surface area contributed by atoms with Crippen LogP contribution in [0, 0.1) is 5.41 Å². The quantitative estimate of drug-likeness (QED) is 0.792. The first kappa shape index (κ1) is 9.66. The minimum absolute atomic E-state index is 0.324. The zero-order valence-electron chi connectivity index (χ0n) is 8.96. The van der Waals surface area contributed by atoms with Gasteiger partial charge in [-0.05, 0) is 42.5 Å². The third kappa shape index (κ3) is 1.25. The van der Waals surface area contributed by atoms with Crippen LogP contribution in [0.3, 0.4) is 0 Å². The van der Waals surface area contributed by atoms with E-state index in [2.05, 4.69) is 31.0 Å². The van der Waals surface area contributed by atoms with Crippen molar-refractivity contribution in [3.8, 4) is 0 Å². The second-order valence-corrected chi connectivity index (χ2v) is 4.92. The van der Waals surface area contributed by atoms with Gasteiger partial charge >= 0.3 is 0 Å². The Hall–Kier alpha value is -0.890. The molecular weight excluding hydrogens is 172 g/mol. The molecule has 0 radical (unpaired) electrons. The highest BCUT2D eigenvalue weighted by Crippen LogP contribution is 2.65. The summed E-state index contributed by atoms with van der Waals surface area (Å²) in [6.07, 6.45) is 6.09. The molecule has 1 fully saturated rings. The van der Waals surface area contributed by atoms with Crippen LogP contribution in [0.25, 0.3) is 0 Å². The summed E-state index contributed by atoms with van der Waals surface area (Å²) in [5.74, 6) is 0. The Morgan fingerprint density at radius 3 is 2.36 bits per heavy atom. The van der Waals surface area contributed by atoms with Crippen molar-refractivity contribution in [2.24, 2.45) is 11.1 Å². The van der Waals surface area contributed by atoms with Crippen LogP contribution in [0.2, 0.25) is 0 Å². The van der Waals surface area contributed by atoms with Crippen molar-refractivity contribution in [2.75, 3.05) is 6.54 Å². The van der Waals surface area contributed by atoms with Crippen molar-refractivity contribution in [3.63, 3.8) is 0 Å². The zero-order chi connectivity index (χ0) is 10.2. The molecule has 14 heavy (non-hydrogen) atoms. The van der Waals surface area contributed by atoms with Crippen LogP contribution < -0.4 is 5.73 Å². The molecule has 2 rings (SSSR count). The molecule has 2 heteroatoms. The van der Waals surface area contributed by atoms with Crippen LogP contribution in [-0.4, -0.2) is 11.5 Å². The third-order valence-electron chi connectivity index (χ3n) is 3.72. The van der Waals surface area contributed by atoms with Crippen molar-refractivity contribution in [1.82, 2.24) is 4.98 Å². The molecule has 0 aliphatic heterocycles. The van der Waals surface area contributed by atoms with E-state index in [0.29, 0.717) is 10.8 Å². The van der Waals surface area contributed by atoms with Crippen LogP contribution in [0.4, 0.5) is 0 Å². The molecule has 2 N–H and O–H groups in total. The second kappa shape index (κ2) is 3.06. The minimum Gasteiger partial charge on any atom is -0.330 e. The van der Waals surface area contributed by atoms with Gasteiger partial charge in [0.1, 0.15) is 0 Å². The van der Waals surface area contributed by atoms with Crippen molar-refractivity contribution in [3.05, 3.63) is 30.1 Å². The fourth-order valence-corrected chi connectivity index (χ4v) is 2.69. The molecule has 1 heterocycles. The van der Waals surface area contributed by atoms with Crippen molar-refractivity contribution < 1.29 is 0 Å². The molecule has 1 aromatic rings. The average molecular weight is 190 g/mol. The minimum atomic E-state index is 0.324. The molecule has 1 atom stereocenters. The lowest BCUT2D eigenvalue weighted by Gasteiger charge is -2.20. The van der Waals surface area contributed by atoms with Gasteiger partial charge in [0.2, 0.25) is 0 Å². The van der Waals surface area contributed by atoms with E-state index in [1.165, 1.54) is 12.0 Å². The van der Waals surface area contributed by atoms with Gasteiger partial charge < -0.3 is 5.73 Å². The summed E-state index contributed by atoms with van der Waals surface area (Å²) in [7, 11) is 0. The lowest BCUT2D eigenvalue weighted by Crippen LogP contribution is -2.19. The van der Waals surface area contributed by atoms with Crippen molar-refractivity contribution in [2.45, 2.75) is 32.1 Å². The number of nitrogens with zero attached hydrogens (tertiary/aromatic N) is 1. The van der Waals surface area contributed by atoms with Crippen LogP contribution in [-0.2, 0) is 5.41 Å². The molecule has 0 bridgehead atoms. The summed E-state index contributed by atoms with van der Waals surface area (Å²) >= 11 is 0. The monoisotopic (exact) mass is 190 g/mol. The van der Waals surface area contributed by atoms with Gasteiger partial charge in [-0.15, -0.1) is 0 Å². The number of nitrogens with two attached hydrogens (primary N) is 1. The number of hydrogen-bond acceptors (Lipinski definition) is 2. The maximum atomic E-state index is 5.70. The van der Waals surface area contributed by atoms with E-state index in [0.717, 1.165) is 13.0 Å². The molecule has 1 aliphatic carbocycles. The number of hydrogen-bond donors (Lipinski definition) is 1. The topological polar surface area (TPSA) is 38.9 Å². The summed E-state index contributed by atoms with van der Waals surface area (Å²) in [4.78, 5) is 4.06. The van der Waals surface area contributed by atoms with E-state index >= 15 is 0 Å². The van der Waals surface area contributed by atoms with E-state index in [9.17, 15) is 0 Å². The summed E-state index contributed by atoms with van der Waals surface area (Å²) < 4.78 is 0. The Morgan fingerprint density at radius 2 is 1.93 bits per heavy atom. The normalized spacial score (nSPS) is 28.8. The van der Waals surface area contributed by atoms with Gasteiger partial charge in [-0.25, -0.2) is 0 Å². The largest absolute Gasteiger partial charge is 0.330 e. The maximum Gasteiger partial charge on any atom is 0.0270 e. The van der Waals surface area contributed by atoms with Crippen LogP contribution in [0.5, 0.6) is 0 Å². The highest BCUT2D eigenvalue weighted by molar-refractivity contribution is 5.35. The van der Waals surface area contributed by atoms with Gasteiger partial charge in [-0.3, -0.25) is 4.98 Å². The number of pyridine rings is 1. The molecule has 1 saturated carbocycles. The third-order valence-corrected chi connectivity index (χ3v) is 3.72. The predicted octanol–water partition coefficient (Wildman–Crippen LogP) is 2.10. The number of rotatable bonds is 3. The van der Waals surface area contributed by atoms with E-state index in [1.54, 1.807) is 0 Å². The molecule has 76 valence electrons. The van der Waals surface area contributed by atoms with Crippen molar-refractivity contribution in [1.29, 1.82) is 0 Å². The van der Waals surface area contributed by atoms with Crippen LogP contribution in [0.1, 0.15) is 32.3 Å². The fourth-order valence-electron chi connectivity index (χ4n) is 2.69. The Kier molecular flexibility index (Phi) is 2.11. The molecule has 0 aromatic carbocycles. The van der Waals surface area contributed by atoms with Crippen LogP contribution in [0.15, 0.2) is 24.5 Å². The predicted molar refractivity (Wildman–Crippen MR) is 58.0 cm³/mol. The van der Waals surface area contributed by atoms with E-state index < -0.39 is 0 Å². The zero-order valence-corrected chi connectivity index (χ0v) is 8.96. The van der Waals surface area contributed by atoms with Gasteiger partial charge in [0.05, 0.1) is 0 Å².